The number of hydrogen-bond donors (Lipinski definition) is 1. The molecule has 0 radical (unpaired) electrons. The highest BCUT2D eigenvalue weighted by molar-refractivity contribution is 5.85. The van der Waals surface area contributed by atoms with Gasteiger partial charge < -0.3 is 10.1 Å². The Morgan fingerprint density at radius 2 is 2.24 bits per heavy atom. The number of hydrogen-bond acceptors (Lipinski definition) is 3. The second-order valence-corrected chi connectivity index (χ2v) is 6.22. The van der Waals surface area contributed by atoms with Crippen LogP contribution >= 0.6 is 12.4 Å². The molecule has 2 saturated heterocycles. The summed E-state index contributed by atoms with van der Waals surface area (Å²) >= 11 is 0. The van der Waals surface area contributed by atoms with Crippen LogP contribution in [0.2, 0.25) is 0 Å². The lowest BCUT2D eigenvalue weighted by molar-refractivity contribution is -0.0482. The van der Waals surface area contributed by atoms with E-state index in [1.807, 2.05) is 0 Å². The van der Waals surface area contributed by atoms with Gasteiger partial charge in [-0.1, -0.05) is 6.92 Å². The summed E-state index contributed by atoms with van der Waals surface area (Å²) in [6, 6.07) is 0. The molecule has 17 heavy (non-hydrogen) atoms. The van der Waals surface area contributed by atoms with E-state index in [1.165, 1.54) is 45.4 Å². The van der Waals surface area contributed by atoms with Gasteiger partial charge in [0.1, 0.15) is 0 Å². The lowest BCUT2D eigenvalue weighted by Gasteiger charge is -2.37. The van der Waals surface area contributed by atoms with Gasteiger partial charge in [-0.2, -0.15) is 0 Å². The van der Waals surface area contributed by atoms with E-state index in [-0.39, 0.29) is 12.4 Å². The summed E-state index contributed by atoms with van der Waals surface area (Å²) in [6.07, 6.45) is 4.68. The average Bonchev–Trinajstić information content (AvgIpc) is 3.03. The van der Waals surface area contributed by atoms with Gasteiger partial charge in [-0.05, 0) is 37.1 Å². The SMILES string of the molecule is CC1(CN2CCOC(C3CC3)C2)CCNC1.Cl. The van der Waals surface area contributed by atoms with Crippen molar-refractivity contribution in [1.82, 2.24) is 10.2 Å². The standard InChI is InChI=1S/C13H24N2O.ClH/c1-13(4-5-14-9-13)10-15-6-7-16-12(8-15)11-2-3-11;/h11-12,14H,2-10H2,1H3;1H. The number of nitrogens with zero attached hydrogens (tertiary/aromatic N) is 1. The van der Waals surface area contributed by atoms with E-state index in [4.69, 9.17) is 4.74 Å². The fourth-order valence-corrected chi connectivity index (χ4v) is 3.17. The van der Waals surface area contributed by atoms with Crippen molar-refractivity contribution in [2.45, 2.75) is 32.3 Å². The molecule has 0 bridgehead atoms. The zero-order valence-corrected chi connectivity index (χ0v) is 11.6. The van der Waals surface area contributed by atoms with Crippen molar-refractivity contribution in [1.29, 1.82) is 0 Å². The van der Waals surface area contributed by atoms with Crippen LogP contribution in [0, 0.1) is 11.3 Å². The third-order valence-electron chi connectivity index (χ3n) is 4.39. The Bertz CT molecular complexity index is 252. The van der Waals surface area contributed by atoms with Crippen LogP contribution < -0.4 is 5.32 Å². The van der Waals surface area contributed by atoms with Gasteiger partial charge in [0.15, 0.2) is 0 Å². The summed E-state index contributed by atoms with van der Waals surface area (Å²) in [5.74, 6) is 0.886. The smallest absolute Gasteiger partial charge is 0.0730 e. The molecule has 0 aromatic heterocycles. The molecule has 0 aromatic carbocycles. The Hall–Kier alpha value is 0.170. The molecule has 1 saturated carbocycles. The molecule has 2 atom stereocenters. The van der Waals surface area contributed by atoms with Crippen LogP contribution in [0.15, 0.2) is 0 Å². The number of ether oxygens (including phenoxy) is 1. The van der Waals surface area contributed by atoms with Gasteiger partial charge >= 0.3 is 0 Å². The van der Waals surface area contributed by atoms with Gasteiger partial charge in [0.25, 0.3) is 0 Å². The van der Waals surface area contributed by atoms with Gasteiger partial charge in [-0.15, -0.1) is 12.4 Å². The molecule has 3 rings (SSSR count). The van der Waals surface area contributed by atoms with Gasteiger partial charge in [0, 0.05) is 26.2 Å². The fourth-order valence-electron chi connectivity index (χ4n) is 3.17. The molecule has 0 amide bonds. The predicted octanol–water partition coefficient (Wildman–Crippen LogP) is 1.52. The van der Waals surface area contributed by atoms with Crippen molar-refractivity contribution in [2.24, 2.45) is 11.3 Å². The summed E-state index contributed by atoms with van der Waals surface area (Å²) < 4.78 is 5.87. The molecule has 4 heteroatoms. The molecule has 3 fully saturated rings. The molecule has 2 unspecified atom stereocenters. The number of morpholine rings is 1. The monoisotopic (exact) mass is 260 g/mol. The Kier molecular flexibility index (Phi) is 4.35. The summed E-state index contributed by atoms with van der Waals surface area (Å²) in [5.41, 5.74) is 0.505. The van der Waals surface area contributed by atoms with Crippen LogP contribution in [-0.4, -0.2) is 50.3 Å². The highest BCUT2D eigenvalue weighted by Crippen LogP contribution is 2.36. The first-order valence-corrected chi connectivity index (χ1v) is 6.80. The molecule has 2 heterocycles. The molecule has 1 aliphatic carbocycles. The molecule has 1 N–H and O–H groups in total. The fraction of sp³-hybridized carbons (Fsp3) is 1.00. The van der Waals surface area contributed by atoms with Crippen molar-refractivity contribution in [3.63, 3.8) is 0 Å². The highest BCUT2D eigenvalue weighted by atomic mass is 35.5. The minimum atomic E-state index is 0. The normalized spacial score (nSPS) is 39.0. The first-order chi connectivity index (χ1) is 7.75. The second kappa shape index (κ2) is 5.43. The third-order valence-corrected chi connectivity index (χ3v) is 4.39. The summed E-state index contributed by atoms with van der Waals surface area (Å²) in [6.45, 7) is 9.34. The minimum absolute atomic E-state index is 0. The van der Waals surface area contributed by atoms with E-state index in [2.05, 4.69) is 17.1 Å². The van der Waals surface area contributed by atoms with Gasteiger partial charge in [0.05, 0.1) is 12.7 Å². The number of nitrogens with one attached hydrogen (secondary N) is 1. The van der Waals surface area contributed by atoms with Crippen LogP contribution in [0.5, 0.6) is 0 Å². The maximum absolute atomic E-state index is 5.87. The number of rotatable bonds is 3. The lowest BCUT2D eigenvalue weighted by Crippen LogP contribution is -2.47. The van der Waals surface area contributed by atoms with Gasteiger partial charge in [-0.3, -0.25) is 4.90 Å². The lowest BCUT2D eigenvalue weighted by atomic mass is 9.89. The zero-order valence-electron chi connectivity index (χ0n) is 10.8. The third kappa shape index (κ3) is 3.34. The first-order valence-electron chi connectivity index (χ1n) is 6.80. The van der Waals surface area contributed by atoms with Crippen molar-refractivity contribution in [2.75, 3.05) is 39.3 Å². The molecule has 3 nitrogen and oxygen atoms in total. The van der Waals surface area contributed by atoms with Crippen LogP contribution in [0.25, 0.3) is 0 Å². The Balaban J connectivity index is 0.00000108. The number of halogens is 1. The topological polar surface area (TPSA) is 24.5 Å². The van der Waals surface area contributed by atoms with Crippen molar-refractivity contribution >= 4 is 12.4 Å². The molecule has 0 spiro atoms. The molecule has 2 aliphatic heterocycles. The van der Waals surface area contributed by atoms with Crippen molar-refractivity contribution < 1.29 is 4.74 Å². The van der Waals surface area contributed by atoms with Crippen LogP contribution in [0.4, 0.5) is 0 Å². The van der Waals surface area contributed by atoms with E-state index >= 15 is 0 Å². The van der Waals surface area contributed by atoms with Gasteiger partial charge in [-0.25, -0.2) is 0 Å². The zero-order chi connectivity index (χ0) is 11.0. The van der Waals surface area contributed by atoms with E-state index in [0.29, 0.717) is 11.5 Å². The van der Waals surface area contributed by atoms with E-state index in [0.717, 1.165) is 19.1 Å². The maximum atomic E-state index is 5.87. The molecular weight excluding hydrogens is 236 g/mol. The summed E-state index contributed by atoms with van der Waals surface area (Å²) in [4.78, 5) is 2.64. The minimum Gasteiger partial charge on any atom is -0.375 e. The van der Waals surface area contributed by atoms with E-state index in [1.54, 1.807) is 0 Å². The maximum Gasteiger partial charge on any atom is 0.0730 e. The van der Waals surface area contributed by atoms with Crippen molar-refractivity contribution in [3.05, 3.63) is 0 Å². The summed E-state index contributed by atoms with van der Waals surface area (Å²) in [5, 5.41) is 3.49. The Morgan fingerprint density at radius 3 is 2.88 bits per heavy atom. The Morgan fingerprint density at radius 1 is 1.41 bits per heavy atom. The molecular formula is C13H25ClN2O. The first kappa shape index (κ1) is 13.6. The molecule has 100 valence electrons. The second-order valence-electron chi connectivity index (χ2n) is 6.22. The van der Waals surface area contributed by atoms with Crippen LogP contribution in [0.3, 0.4) is 0 Å². The quantitative estimate of drug-likeness (QED) is 0.833. The summed E-state index contributed by atoms with van der Waals surface area (Å²) in [7, 11) is 0. The molecule has 0 aromatic rings. The van der Waals surface area contributed by atoms with E-state index < -0.39 is 0 Å². The highest BCUT2D eigenvalue weighted by Gasteiger charge is 2.37. The van der Waals surface area contributed by atoms with Crippen LogP contribution in [-0.2, 0) is 4.74 Å². The van der Waals surface area contributed by atoms with Gasteiger partial charge in [0.2, 0.25) is 0 Å². The van der Waals surface area contributed by atoms with Crippen molar-refractivity contribution in [3.8, 4) is 0 Å². The predicted molar refractivity (Wildman–Crippen MR) is 71.7 cm³/mol. The largest absolute Gasteiger partial charge is 0.375 e. The van der Waals surface area contributed by atoms with E-state index in [9.17, 15) is 0 Å². The Labute approximate surface area is 111 Å². The van der Waals surface area contributed by atoms with Crippen LogP contribution in [0.1, 0.15) is 26.2 Å². The average molecular weight is 261 g/mol. The molecule has 3 aliphatic rings.